The second kappa shape index (κ2) is 5.14. The smallest absolute Gasteiger partial charge is 0.276 e. The van der Waals surface area contributed by atoms with Crippen LogP contribution in [0.2, 0.25) is 0 Å². The summed E-state index contributed by atoms with van der Waals surface area (Å²) in [6.45, 7) is 1.45. The standard InChI is InChI=1S/C12H16N2O3/c15-7-4-9-3-6-14(8-9)12(17)11-10(16)2-1-5-13-11/h1-2,5,9,15-16H,3-4,6-8H2. The maximum Gasteiger partial charge on any atom is 0.276 e. The summed E-state index contributed by atoms with van der Waals surface area (Å²) in [5.74, 6) is 0.0430. The highest BCUT2D eigenvalue weighted by Crippen LogP contribution is 2.23. The van der Waals surface area contributed by atoms with Crippen molar-refractivity contribution in [2.24, 2.45) is 5.92 Å². The van der Waals surface area contributed by atoms with E-state index >= 15 is 0 Å². The van der Waals surface area contributed by atoms with E-state index in [-0.39, 0.29) is 24.0 Å². The molecule has 1 amide bonds. The van der Waals surface area contributed by atoms with Crippen LogP contribution in [0, 0.1) is 5.92 Å². The minimum atomic E-state index is -0.233. The van der Waals surface area contributed by atoms with Gasteiger partial charge in [0.1, 0.15) is 5.75 Å². The molecule has 0 aliphatic carbocycles. The van der Waals surface area contributed by atoms with Gasteiger partial charge < -0.3 is 15.1 Å². The number of pyridine rings is 1. The highest BCUT2D eigenvalue weighted by Gasteiger charge is 2.28. The molecule has 2 heterocycles. The highest BCUT2D eigenvalue weighted by atomic mass is 16.3. The number of carbonyl (C=O) groups is 1. The SMILES string of the molecule is O=C(c1ncccc1O)N1CCC(CCO)C1. The Kier molecular flexibility index (Phi) is 3.58. The third-order valence-electron chi connectivity index (χ3n) is 3.10. The van der Waals surface area contributed by atoms with Crippen molar-refractivity contribution in [3.63, 3.8) is 0 Å². The predicted octanol–water partition coefficient (Wildman–Crippen LogP) is 0.632. The van der Waals surface area contributed by atoms with Crippen LogP contribution in [0.5, 0.6) is 5.75 Å². The molecule has 2 rings (SSSR count). The van der Waals surface area contributed by atoms with Crippen molar-refractivity contribution in [3.05, 3.63) is 24.0 Å². The molecular formula is C12H16N2O3. The molecule has 1 fully saturated rings. The maximum atomic E-state index is 12.1. The molecule has 1 atom stereocenters. The van der Waals surface area contributed by atoms with Gasteiger partial charge in [0.05, 0.1) is 0 Å². The van der Waals surface area contributed by atoms with Crippen LogP contribution in [0.25, 0.3) is 0 Å². The van der Waals surface area contributed by atoms with Crippen molar-refractivity contribution in [2.75, 3.05) is 19.7 Å². The number of carbonyl (C=O) groups excluding carboxylic acids is 1. The van der Waals surface area contributed by atoms with Crippen LogP contribution < -0.4 is 0 Å². The highest BCUT2D eigenvalue weighted by molar-refractivity contribution is 5.94. The number of likely N-dealkylation sites (tertiary alicyclic amines) is 1. The summed E-state index contributed by atoms with van der Waals surface area (Å²) >= 11 is 0. The molecule has 92 valence electrons. The Balaban J connectivity index is 2.05. The van der Waals surface area contributed by atoms with Gasteiger partial charge in [-0.3, -0.25) is 4.79 Å². The average Bonchev–Trinajstić information content (AvgIpc) is 2.78. The lowest BCUT2D eigenvalue weighted by molar-refractivity contribution is 0.0775. The molecule has 0 spiro atoms. The van der Waals surface area contributed by atoms with Crippen LogP contribution in [0.3, 0.4) is 0 Å². The normalized spacial score (nSPS) is 19.6. The molecule has 1 aliphatic rings. The second-order valence-electron chi connectivity index (χ2n) is 4.29. The number of aromatic nitrogens is 1. The number of aliphatic hydroxyl groups is 1. The van der Waals surface area contributed by atoms with Gasteiger partial charge in [-0.25, -0.2) is 4.98 Å². The number of rotatable bonds is 3. The summed E-state index contributed by atoms with van der Waals surface area (Å²) in [6, 6.07) is 3.05. The predicted molar refractivity (Wildman–Crippen MR) is 61.6 cm³/mol. The lowest BCUT2D eigenvalue weighted by Crippen LogP contribution is -2.29. The van der Waals surface area contributed by atoms with Gasteiger partial charge in [0.2, 0.25) is 0 Å². The summed E-state index contributed by atoms with van der Waals surface area (Å²) in [5.41, 5.74) is 0.108. The van der Waals surface area contributed by atoms with E-state index in [4.69, 9.17) is 5.11 Å². The van der Waals surface area contributed by atoms with Gasteiger partial charge in [0, 0.05) is 25.9 Å². The number of aromatic hydroxyl groups is 1. The summed E-state index contributed by atoms with van der Waals surface area (Å²) < 4.78 is 0. The summed E-state index contributed by atoms with van der Waals surface area (Å²) in [7, 11) is 0. The number of hydrogen-bond acceptors (Lipinski definition) is 4. The molecule has 0 aromatic carbocycles. The summed E-state index contributed by atoms with van der Waals surface area (Å²) in [4.78, 5) is 17.6. The van der Waals surface area contributed by atoms with Gasteiger partial charge in [-0.1, -0.05) is 0 Å². The minimum absolute atomic E-state index is 0.0805. The third-order valence-corrected chi connectivity index (χ3v) is 3.10. The van der Waals surface area contributed by atoms with Crippen molar-refractivity contribution < 1.29 is 15.0 Å². The first-order valence-corrected chi connectivity index (χ1v) is 5.76. The van der Waals surface area contributed by atoms with Crippen molar-refractivity contribution in [1.29, 1.82) is 0 Å². The van der Waals surface area contributed by atoms with Gasteiger partial charge >= 0.3 is 0 Å². The monoisotopic (exact) mass is 236 g/mol. The van der Waals surface area contributed by atoms with E-state index in [1.165, 1.54) is 12.3 Å². The summed E-state index contributed by atoms with van der Waals surface area (Å²) in [5, 5.41) is 18.4. The van der Waals surface area contributed by atoms with E-state index in [1.54, 1.807) is 11.0 Å². The third kappa shape index (κ3) is 2.55. The molecule has 1 aliphatic heterocycles. The number of amides is 1. The Bertz CT molecular complexity index is 408. The van der Waals surface area contributed by atoms with Crippen molar-refractivity contribution in [1.82, 2.24) is 9.88 Å². The fourth-order valence-electron chi connectivity index (χ4n) is 2.15. The average molecular weight is 236 g/mol. The topological polar surface area (TPSA) is 73.7 Å². The molecular weight excluding hydrogens is 220 g/mol. The van der Waals surface area contributed by atoms with Crippen LogP contribution in [0.4, 0.5) is 0 Å². The lowest BCUT2D eigenvalue weighted by atomic mass is 10.1. The Morgan fingerprint density at radius 1 is 1.59 bits per heavy atom. The van der Waals surface area contributed by atoms with E-state index < -0.39 is 0 Å². The quantitative estimate of drug-likeness (QED) is 0.807. The van der Waals surface area contributed by atoms with Gasteiger partial charge in [0.25, 0.3) is 5.91 Å². The van der Waals surface area contributed by atoms with Crippen LogP contribution in [0.1, 0.15) is 23.3 Å². The maximum absolute atomic E-state index is 12.1. The van der Waals surface area contributed by atoms with E-state index in [1.807, 2.05) is 0 Å². The Labute approximate surface area is 99.7 Å². The van der Waals surface area contributed by atoms with Crippen LogP contribution in [-0.4, -0.2) is 45.7 Å². The molecule has 1 aromatic rings. The van der Waals surface area contributed by atoms with Crippen molar-refractivity contribution in [2.45, 2.75) is 12.8 Å². The Morgan fingerprint density at radius 2 is 2.41 bits per heavy atom. The van der Waals surface area contributed by atoms with E-state index in [0.29, 0.717) is 19.0 Å². The Morgan fingerprint density at radius 3 is 3.12 bits per heavy atom. The van der Waals surface area contributed by atoms with Gasteiger partial charge in [-0.05, 0) is 30.9 Å². The zero-order chi connectivity index (χ0) is 12.3. The van der Waals surface area contributed by atoms with Gasteiger partial charge in [-0.15, -0.1) is 0 Å². The molecule has 5 heteroatoms. The lowest BCUT2D eigenvalue weighted by Gasteiger charge is -2.16. The number of hydrogen-bond donors (Lipinski definition) is 2. The fourth-order valence-corrected chi connectivity index (χ4v) is 2.15. The van der Waals surface area contributed by atoms with E-state index in [9.17, 15) is 9.90 Å². The van der Waals surface area contributed by atoms with E-state index in [2.05, 4.69) is 4.98 Å². The number of aliphatic hydroxyl groups excluding tert-OH is 1. The zero-order valence-electron chi connectivity index (χ0n) is 9.54. The molecule has 0 saturated carbocycles. The Hall–Kier alpha value is -1.62. The molecule has 0 bridgehead atoms. The van der Waals surface area contributed by atoms with Crippen LogP contribution in [-0.2, 0) is 0 Å². The largest absolute Gasteiger partial charge is 0.505 e. The minimum Gasteiger partial charge on any atom is -0.505 e. The first kappa shape index (κ1) is 11.9. The number of nitrogens with zero attached hydrogens (tertiary/aromatic N) is 2. The molecule has 1 unspecified atom stereocenters. The van der Waals surface area contributed by atoms with Crippen LogP contribution in [0.15, 0.2) is 18.3 Å². The van der Waals surface area contributed by atoms with Gasteiger partial charge in [0.15, 0.2) is 5.69 Å². The molecule has 5 nitrogen and oxygen atoms in total. The molecule has 1 saturated heterocycles. The molecule has 0 radical (unpaired) electrons. The zero-order valence-corrected chi connectivity index (χ0v) is 9.54. The first-order valence-electron chi connectivity index (χ1n) is 5.76. The van der Waals surface area contributed by atoms with Gasteiger partial charge in [-0.2, -0.15) is 0 Å². The van der Waals surface area contributed by atoms with E-state index in [0.717, 1.165) is 12.8 Å². The molecule has 1 aromatic heterocycles. The van der Waals surface area contributed by atoms with Crippen molar-refractivity contribution in [3.8, 4) is 5.75 Å². The molecule has 2 N–H and O–H groups in total. The fraction of sp³-hybridized carbons (Fsp3) is 0.500. The summed E-state index contributed by atoms with van der Waals surface area (Å²) in [6.07, 6.45) is 3.12. The molecule has 17 heavy (non-hydrogen) atoms. The van der Waals surface area contributed by atoms with Crippen molar-refractivity contribution >= 4 is 5.91 Å². The first-order chi connectivity index (χ1) is 8.22. The second-order valence-corrected chi connectivity index (χ2v) is 4.29. The van der Waals surface area contributed by atoms with Crippen LogP contribution >= 0.6 is 0 Å².